The van der Waals surface area contributed by atoms with E-state index in [4.69, 9.17) is 17.3 Å². The molecule has 0 aliphatic carbocycles. The van der Waals surface area contributed by atoms with Crippen molar-refractivity contribution in [2.45, 2.75) is 19.4 Å². The molecule has 12 heavy (non-hydrogen) atoms. The van der Waals surface area contributed by atoms with Crippen LogP contribution in [0.25, 0.3) is 0 Å². The monoisotopic (exact) mass is 295 g/mol. The maximum atomic E-state index is 6.03. The smallest absolute Gasteiger partial charge is 0.0466 e. The van der Waals surface area contributed by atoms with Crippen molar-refractivity contribution in [3.8, 4) is 0 Å². The highest BCUT2D eigenvalue weighted by atomic mass is 127. The minimum Gasteiger partial charge on any atom is -0.322 e. The molecular formula is C9H11ClIN. The van der Waals surface area contributed by atoms with Crippen LogP contribution in [0.5, 0.6) is 0 Å². The Balaban J connectivity index is 3.19. The van der Waals surface area contributed by atoms with Gasteiger partial charge in [0.05, 0.1) is 0 Å². The molecule has 0 bridgehead atoms. The SMILES string of the molecule is CC(C)(N)c1ccc(I)cc1Cl. The van der Waals surface area contributed by atoms with E-state index in [0.29, 0.717) is 0 Å². The molecular weight excluding hydrogens is 284 g/mol. The third kappa shape index (κ3) is 2.34. The standard InChI is InChI=1S/C9H11ClIN/c1-9(2,12)7-4-3-6(11)5-8(7)10/h3-5H,12H2,1-2H3. The predicted octanol–water partition coefficient (Wildman–Crippen LogP) is 3.14. The summed E-state index contributed by atoms with van der Waals surface area (Å²) in [5.74, 6) is 0. The predicted molar refractivity (Wildman–Crippen MR) is 61.4 cm³/mol. The van der Waals surface area contributed by atoms with Gasteiger partial charge < -0.3 is 5.73 Å². The Hall–Kier alpha value is 0.200. The van der Waals surface area contributed by atoms with Gasteiger partial charge in [-0.3, -0.25) is 0 Å². The summed E-state index contributed by atoms with van der Waals surface area (Å²) in [7, 11) is 0. The highest BCUT2D eigenvalue weighted by molar-refractivity contribution is 14.1. The zero-order valence-corrected chi connectivity index (χ0v) is 9.98. The normalized spacial score (nSPS) is 11.8. The molecule has 0 spiro atoms. The van der Waals surface area contributed by atoms with Gasteiger partial charge in [-0.15, -0.1) is 0 Å². The maximum Gasteiger partial charge on any atom is 0.0466 e. The average Bonchev–Trinajstić information content (AvgIpc) is 1.83. The lowest BCUT2D eigenvalue weighted by atomic mass is 9.96. The molecule has 3 heteroatoms. The summed E-state index contributed by atoms with van der Waals surface area (Å²) in [5.41, 5.74) is 6.55. The van der Waals surface area contributed by atoms with Crippen LogP contribution in [0.4, 0.5) is 0 Å². The fraction of sp³-hybridized carbons (Fsp3) is 0.333. The van der Waals surface area contributed by atoms with Crippen LogP contribution >= 0.6 is 34.2 Å². The molecule has 0 radical (unpaired) electrons. The molecule has 0 fully saturated rings. The third-order valence-electron chi connectivity index (χ3n) is 1.63. The van der Waals surface area contributed by atoms with Gasteiger partial charge >= 0.3 is 0 Å². The van der Waals surface area contributed by atoms with Gasteiger partial charge in [0.15, 0.2) is 0 Å². The molecule has 0 aromatic heterocycles. The largest absolute Gasteiger partial charge is 0.322 e. The van der Waals surface area contributed by atoms with E-state index in [1.165, 1.54) is 0 Å². The van der Waals surface area contributed by atoms with Gasteiger partial charge in [0.1, 0.15) is 0 Å². The molecule has 0 unspecified atom stereocenters. The molecule has 1 aromatic rings. The van der Waals surface area contributed by atoms with Crippen LogP contribution in [0, 0.1) is 3.57 Å². The van der Waals surface area contributed by atoms with E-state index >= 15 is 0 Å². The van der Waals surface area contributed by atoms with Crippen molar-refractivity contribution in [2.24, 2.45) is 5.73 Å². The van der Waals surface area contributed by atoms with Crippen LogP contribution in [0.15, 0.2) is 18.2 Å². The van der Waals surface area contributed by atoms with E-state index in [1.54, 1.807) is 0 Å². The summed E-state index contributed by atoms with van der Waals surface area (Å²) in [5, 5.41) is 0.745. The van der Waals surface area contributed by atoms with Crippen molar-refractivity contribution in [3.05, 3.63) is 32.4 Å². The Kier molecular flexibility index (Phi) is 3.01. The fourth-order valence-corrected chi connectivity index (χ4v) is 2.11. The van der Waals surface area contributed by atoms with E-state index < -0.39 is 0 Å². The second kappa shape index (κ2) is 3.52. The second-order valence-corrected chi connectivity index (χ2v) is 5.00. The minimum atomic E-state index is -0.360. The average molecular weight is 296 g/mol. The van der Waals surface area contributed by atoms with E-state index in [2.05, 4.69) is 22.6 Å². The van der Waals surface area contributed by atoms with Crippen LogP contribution in [0.2, 0.25) is 5.02 Å². The van der Waals surface area contributed by atoms with Gasteiger partial charge in [0.2, 0.25) is 0 Å². The summed E-state index contributed by atoms with van der Waals surface area (Å²) in [6.07, 6.45) is 0. The van der Waals surface area contributed by atoms with Crippen LogP contribution in [-0.2, 0) is 5.54 Å². The summed E-state index contributed by atoms with van der Waals surface area (Å²) in [6, 6.07) is 5.91. The molecule has 2 N–H and O–H groups in total. The van der Waals surface area contributed by atoms with Crippen molar-refractivity contribution in [1.82, 2.24) is 0 Å². The maximum absolute atomic E-state index is 6.03. The summed E-state index contributed by atoms with van der Waals surface area (Å²) < 4.78 is 1.13. The Morgan fingerprint density at radius 2 is 2.00 bits per heavy atom. The Labute approximate surface area is 91.4 Å². The quantitative estimate of drug-likeness (QED) is 0.792. The fourth-order valence-electron chi connectivity index (χ4n) is 1.01. The lowest BCUT2D eigenvalue weighted by molar-refractivity contribution is 0.554. The summed E-state index contributed by atoms with van der Waals surface area (Å²) >= 11 is 8.25. The summed E-state index contributed by atoms with van der Waals surface area (Å²) in [6.45, 7) is 3.89. The van der Waals surface area contributed by atoms with Crippen molar-refractivity contribution in [1.29, 1.82) is 0 Å². The molecule has 0 amide bonds. The minimum absolute atomic E-state index is 0.360. The second-order valence-electron chi connectivity index (χ2n) is 3.35. The molecule has 1 aromatic carbocycles. The van der Waals surface area contributed by atoms with Crippen molar-refractivity contribution < 1.29 is 0 Å². The first kappa shape index (κ1) is 10.3. The molecule has 0 aliphatic rings. The van der Waals surface area contributed by atoms with Crippen LogP contribution in [-0.4, -0.2) is 0 Å². The van der Waals surface area contributed by atoms with Crippen LogP contribution in [0.3, 0.4) is 0 Å². The van der Waals surface area contributed by atoms with E-state index in [0.717, 1.165) is 14.2 Å². The molecule has 1 nitrogen and oxygen atoms in total. The third-order valence-corrected chi connectivity index (χ3v) is 2.61. The zero-order chi connectivity index (χ0) is 9.35. The van der Waals surface area contributed by atoms with Crippen molar-refractivity contribution in [2.75, 3.05) is 0 Å². The van der Waals surface area contributed by atoms with Gasteiger partial charge in [-0.25, -0.2) is 0 Å². The lowest BCUT2D eigenvalue weighted by Gasteiger charge is -2.20. The van der Waals surface area contributed by atoms with E-state index in [9.17, 15) is 0 Å². The van der Waals surface area contributed by atoms with Crippen molar-refractivity contribution >= 4 is 34.2 Å². The van der Waals surface area contributed by atoms with Crippen molar-refractivity contribution in [3.63, 3.8) is 0 Å². The van der Waals surface area contributed by atoms with Gasteiger partial charge in [-0.05, 0) is 54.1 Å². The summed E-state index contributed by atoms with van der Waals surface area (Å²) in [4.78, 5) is 0. The number of rotatable bonds is 1. The molecule has 0 saturated carbocycles. The first-order valence-electron chi connectivity index (χ1n) is 3.65. The number of benzene rings is 1. The Morgan fingerprint density at radius 1 is 1.42 bits per heavy atom. The number of hydrogen-bond donors (Lipinski definition) is 1. The molecule has 66 valence electrons. The van der Waals surface area contributed by atoms with Gasteiger partial charge in [-0.1, -0.05) is 17.7 Å². The number of hydrogen-bond acceptors (Lipinski definition) is 1. The molecule has 0 aliphatic heterocycles. The first-order chi connectivity index (χ1) is 5.41. The number of nitrogens with two attached hydrogens (primary N) is 1. The molecule has 0 saturated heterocycles. The Morgan fingerprint density at radius 3 is 2.42 bits per heavy atom. The van der Waals surface area contributed by atoms with E-state index in [1.807, 2.05) is 32.0 Å². The van der Waals surface area contributed by atoms with Crippen LogP contribution < -0.4 is 5.73 Å². The lowest BCUT2D eigenvalue weighted by Crippen LogP contribution is -2.28. The molecule has 0 heterocycles. The van der Waals surface area contributed by atoms with Gasteiger partial charge in [-0.2, -0.15) is 0 Å². The molecule has 1 rings (SSSR count). The van der Waals surface area contributed by atoms with E-state index in [-0.39, 0.29) is 5.54 Å². The highest BCUT2D eigenvalue weighted by Gasteiger charge is 2.17. The molecule has 0 atom stereocenters. The highest BCUT2D eigenvalue weighted by Crippen LogP contribution is 2.26. The van der Waals surface area contributed by atoms with Gasteiger partial charge in [0.25, 0.3) is 0 Å². The Bertz CT molecular complexity index is 291. The van der Waals surface area contributed by atoms with Gasteiger partial charge in [0, 0.05) is 14.1 Å². The number of halogens is 2. The van der Waals surface area contributed by atoms with Crippen LogP contribution in [0.1, 0.15) is 19.4 Å². The zero-order valence-electron chi connectivity index (χ0n) is 7.07. The topological polar surface area (TPSA) is 26.0 Å². The first-order valence-corrected chi connectivity index (χ1v) is 5.11.